The number of rotatable bonds is 3. The van der Waals surface area contributed by atoms with Gasteiger partial charge in [-0.25, -0.2) is 0 Å². The summed E-state index contributed by atoms with van der Waals surface area (Å²) in [4.78, 5) is 13.8. The topological polar surface area (TPSA) is 68.1 Å². The van der Waals surface area contributed by atoms with E-state index in [4.69, 9.17) is 0 Å². The number of fused-ring (bicyclic) bond motifs is 2. The van der Waals surface area contributed by atoms with Gasteiger partial charge in [0.1, 0.15) is 0 Å². The Morgan fingerprint density at radius 3 is 2.76 bits per heavy atom. The summed E-state index contributed by atoms with van der Waals surface area (Å²) in [7, 11) is 0. The van der Waals surface area contributed by atoms with Gasteiger partial charge in [-0.1, -0.05) is 6.42 Å². The van der Waals surface area contributed by atoms with Crippen LogP contribution < -0.4 is 5.32 Å². The van der Waals surface area contributed by atoms with E-state index in [1.165, 1.54) is 31.7 Å². The van der Waals surface area contributed by atoms with Crippen molar-refractivity contribution in [2.75, 3.05) is 5.32 Å². The maximum Gasteiger partial charge on any atom is 0.363 e. The summed E-state index contributed by atoms with van der Waals surface area (Å²) in [6.45, 7) is 0. The van der Waals surface area contributed by atoms with Gasteiger partial charge in [-0.3, -0.25) is 0 Å². The lowest BCUT2D eigenvalue weighted by Gasteiger charge is -2.23. The monoisotopic (exact) mass is 233 g/mol. The number of pyridine rings is 1. The summed E-state index contributed by atoms with van der Waals surface area (Å²) >= 11 is 0. The van der Waals surface area contributed by atoms with Crippen LogP contribution in [0.2, 0.25) is 0 Å². The Morgan fingerprint density at radius 2 is 2.24 bits per heavy atom. The highest BCUT2D eigenvalue weighted by Crippen LogP contribution is 2.45. The van der Waals surface area contributed by atoms with Crippen molar-refractivity contribution in [1.82, 2.24) is 4.98 Å². The fourth-order valence-corrected chi connectivity index (χ4v) is 3.22. The molecular weight excluding hydrogens is 218 g/mol. The molecule has 1 aromatic rings. The van der Waals surface area contributed by atoms with Crippen LogP contribution in [-0.4, -0.2) is 15.9 Å². The summed E-state index contributed by atoms with van der Waals surface area (Å²) in [6.07, 6.45) is 6.84. The number of hydrogen-bond donors (Lipinski definition) is 1. The van der Waals surface area contributed by atoms with Crippen LogP contribution in [-0.2, 0) is 0 Å². The highest BCUT2D eigenvalue weighted by Gasteiger charge is 2.39. The van der Waals surface area contributed by atoms with Gasteiger partial charge in [-0.15, -0.1) is 0 Å². The van der Waals surface area contributed by atoms with Crippen molar-refractivity contribution in [3.05, 3.63) is 28.4 Å². The minimum atomic E-state index is -0.471. The molecule has 5 heteroatoms. The lowest BCUT2D eigenvalue weighted by atomic mass is 9.95. The van der Waals surface area contributed by atoms with Gasteiger partial charge < -0.3 is 15.4 Å². The zero-order valence-corrected chi connectivity index (χ0v) is 9.50. The molecule has 3 rings (SSSR count). The van der Waals surface area contributed by atoms with Gasteiger partial charge in [-0.05, 0) is 47.1 Å². The smallest absolute Gasteiger partial charge is 0.363 e. The maximum atomic E-state index is 10.5. The number of nitro groups is 1. The molecule has 0 saturated heterocycles. The number of aromatic nitrogens is 1. The molecule has 0 amide bonds. The molecule has 17 heavy (non-hydrogen) atoms. The molecule has 90 valence electrons. The normalized spacial score (nSPS) is 30.5. The molecule has 2 aliphatic rings. The van der Waals surface area contributed by atoms with E-state index in [1.54, 1.807) is 12.3 Å². The van der Waals surface area contributed by atoms with Gasteiger partial charge in [0.2, 0.25) is 0 Å². The van der Waals surface area contributed by atoms with E-state index in [-0.39, 0.29) is 5.82 Å². The van der Waals surface area contributed by atoms with Gasteiger partial charge in [0.05, 0.1) is 5.69 Å². The molecule has 2 aliphatic carbocycles. The summed E-state index contributed by atoms with van der Waals surface area (Å²) < 4.78 is 0. The molecule has 1 heterocycles. The molecule has 2 saturated carbocycles. The first-order valence-corrected chi connectivity index (χ1v) is 6.09. The van der Waals surface area contributed by atoms with Gasteiger partial charge in [0.25, 0.3) is 0 Å². The first-order valence-electron chi connectivity index (χ1n) is 6.09. The van der Waals surface area contributed by atoms with Crippen LogP contribution in [0.4, 0.5) is 11.5 Å². The number of nitrogens with one attached hydrogen (secondary N) is 1. The largest absolute Gasteiger partial charge is 0.379 e. The second kappa shape index (κ2) is 3.98. The van der Waals surface area contributed by atoms with E-state index >= 15 is 0 Å². The quantitative estimate of drug-likeness (QED) is 0.643. The third kappa shape index (κ3) is 1.97. The van der Waals surface area contributed by atoms with Crippen molar-refractivity contribution in [3.63, 3.8) is 0 Å². The van der Waals surface area contributed by atoms with Crippen molar-refractivity contribution >= 4 is 11.5 Å². The fourth-order valence-electron chi connectivity index (χ4n) is 3.22. The lowest BCUT2D eigenvalue weighted by Crippen LogP contribution is -2.25. The average molecular weight is 233 g/mol. The number of anilines is 1. The predicted molar refractivity (Wildman–Crippen MR) is 63.8 cm³/mol. The van der Waals surface area contributed by atoms with Gasteiger partial charge in [0.15, 0.2) is 6.20 Å². The fraction of sp³-hybridized carbons (Fsp3) is 0.583. The third-order valence-corrected chi connectivity index (χ3v) is 4.03. The van der Waals surface area contributed by atoms with E-state index in [9.17, 15) is 10.1 Å². The van der Waals surface area contributed by atoms with Crippen molar-refractivity contribution in [2.24, 2.45) is 11.8 Å². The predicted octanol–water partition coefficient (Wildman–Crippen LogP) is 2.59. The zero-order valence-electron chi connectivity index (χ0n) is 9.50. The molecule has 3 atom stereocenters. The Balaban J connectivity index is 1.67. The van der Waals surface area contributed by atoms with E-state index in [0.717, 1.165) is 17.5 Å². The van der Waals surface area contributed by atoms with Crippen LogP contribution in [0.25, 0.3) is 0 Å². The van der Waals surface area contributed by atoms with E-state index in [0.29, 0.717) is 6.04 Å². The van der Waals surface area contributed by atoms with Gasteiger partial charge >= 0.3 is 5.82 Å². The molecule has 1 N–H and O–H groups in total. The maximum absolute atomic E-state index is 10.5. The van der Waals surface area contributed by atoms with Crippen molar-refractivity contribution in [2.45, 2.75) is 31.7 Å². The molecule has 0 radical (unpaired) electrons. The number of nitrogens with zero attached hydrogens (tertiary/aromatic N) is 2. The second-order valence-corrected chi connectivity index (χ2v) is 5.09. The molecule has 1 aromatic heterocycles. The summed E-state index contributed by atoms with van der Waals surface area (Å²) in [5.74, 6) is 1.59. The van der Waals surface area contributed by atoms with E-state index in [2.05, 4.69) is 10.3 Å². The molecule has 0 spiro atoms. The van der Waals surface area contributed by atoms with Crippen LogP contribution >= 0.6 is 0 Å². The Hall–Kier alpha value is -1.65. The number of hydrogen-bond acceptors (Lipinski definition) is 4. The van der Waals surface area contributed by atoms with Gasteiger partial charge in [0, 0.05) is 12.1 Å². The first-order chi connectivity index (χ1) is 8.22. The minimum absolute atomic E-state index is 0.0940. The van der Waals surface area contributed by atoms with Crippen molar-refractivity contribution in [1.29, 1.82) is 0 Å². The third-order valence-electron chi connectivity index (χ3n) is 4.03. The molecule has 2 bridgehead atoms. The molecule has 3 unspecified atom stereocenters. The summed E-state index contributed by atoms with van der Waals surface area (Å²) in [6, 6.07) is 3.74. The SMILES string of the molecule is O=[N+]([O-])c1ccc(NC2CC3CCC2C3)cn1. The summed E-state index contributed by atoms with van der Waals surface area (Å²) in [5.41, 5.74) is 0.896. The molecule has 0 aromatic carbocycles. The Bertz CT molecular complexity index is 432. The standard InChI is InChI=1S/C12H15N3O2/c16-15(17)12-4-3-10(7-13-12)14-11-6-8-1-2-9(11)5-8/h3-4,7-9,11,14H,1-2,5-6H2. The minimum Gasteiger partial charge on any atom is -0.379 e. The highest BCUT2D eigenvalue weighted by atomic mass is 16.6. The Kier molecular flexibility index (Phi) is 2.46. The van der Waals surface area contributed by atoms with Crippen LogP contribution in [0.3, 0.4) is 0 Å². The van der Waals surface area contributed by atoms with Crippen LogP contribution in [0.5, 0.6) is 0 Å². The molecule has 0 aliphatic heterocycles. The highest BCUT2D eigenvalue weighted by molar-refractivity contribution is 5.44. The Labute approximate surface area is 99.4 Å². The molecular formula is C12H15N3O2. The van der Waals surface area contributed by atoms with Crippen molar-refractivity contribution < 1.29 is 4.92 Å². The van der Waals surface area contributed by atoms with Crippen molar-refractivity contribution in [3.8, 4) is 0 Å². The molecule has 2 fully saturated rings. The van der Waals surface area contributed by atoms with Gasteiger partial charge in [-0.2, -0.15) is 0 Å². The summed E-state index contributed by atoms with van der Waals surface area (Å²) in [5, 5.41) is 13.9. The average Bonchev–Trinajstić information content (AvgIpc) is 2.91. The van der Waals surface area contributed by atoms with E-state index in [1.807, 2.05) is 0 Å². The van der Waals surface area contributed by atoms with E-state index < -0.39 is 4.92 Å². The van der Waals surface area contributed by atoms with Crippen LogP contribution in [0.15, 0.2) is 18.3 Å². The van der Waals surface area contributed by atoms with Crippen LogP contribution in [0.1, 0.15) is 25.7 Å². The zero-order chi connectivity index (χ0) is 11.8. The van der Waals surface area contributed by atoms with Crippen LogP contribution in [0, 0.1) is 22.0 Å². The second-order valence-electron chi connectivity index (χ2n) is 5.09. The lowest BCUT2D eigenvalue weighted by molar-refractivity contribution is -0.389. The molecule has 5 nitrogen and oxygen atoms in total. The first kappa shape index (κ1) is 10.5. The Morgan fingerprint density at radius 1 is 1.35 bits per heavy atom.